The van der Waals surface area contributed by atoms with E-state index < -0.39 is 11.0 Å². The lowest BCUT2D eigenvalue weighted by Gasteiger charge is -2.11. The first-order valence-electron chi connectivity index (χ1n) is 5.84. The second kappa shape index (κ2) is 5.93. The van der Waals surface area contributed by atoms with Crippen molar-refractivity contribution in [2.24, 2.45) is 5.73 Å². The summed E-state index contributed by atoms with van der Waals surface area (Å²) in [5.74, 6) is -0.367. The maximum atomic E-state index is 11.9. The summed E-state index contributed by atoms with van der Waals surface area (Å²) in [5.41, 5.74) is 6.95. The highest BCUT2D eigenvalue weighted by molar-refractivity contribution is 5.94. The molecule has 8 heteroatoms. The van der Waals surface area contributed by atoms with E-state index in [0.717, 1.165) is 5.69 Å². The fourth-order valence-corrected chi connectivity index (χ4v) is 1.63. The van der Waals surface area contributed by atoms with E-state index in [4.69, 9.17) is 5.73 Å². The van der Waals surface area contributed by atoms with E-state index in [-0.39, 0.29) is 11.6 Å². The Hall–Kier alpha value is -2.74. The lowest BCUT2D eigenvalue weighted by Crippen LogP contribution is -2.37. The van der Waals surface area contributed by atoms with Crippen molar-refractivity contribution in [3.8, 4) is 0 Å². The molecule has 1 aromatic carbocycles. The van der Waals surface area contributed by atoms with Crippen LogP contribution in [0.4, 0.5) is 11.4 Å². The average molecular weight is 275 g/mol. The predicted molar refractivity (Wildman–Crippen MR) is 72.0 cm³/mol. The van der Waals surface area contributed by atoms with E-state index in [0.29, 0.717) is 12.1 Å². The molecule has 0 unspecified atom stereocenters. The van der Waals surface area contributed by atoms with Gasteiger partial charge in [-0.25, -0.2) is 4.98 Å². The minimum absolute atomic E-state index is 0.0373. The van der Waals surface area contributed by atoms with Crippen molar-refractivity contribution in [2.45, 2.75) is 12.5 Å². The first-order valence-corrected chi connectivity index (χ1v) is 5.84. The minimum atomic E-state index is -0.731. The van der Waals surface area contributed by atoms with Crippen LogP contribution in [0.2, 0.25) is 0 Å². The van der Waals surface area contributed by atoms with E-state index in [1.807, 2.05) is 0 Å². The van der Waals surface area contributed by atoms with Crippen LogP contribution in [0.1, 0.15) is 5.69 Å². The molecule has 1 aromatic heterocycles. The molecule has 1 amide bonds. The van der Waals surface area contributed by atoms with Crippen LogP contribution in [0.25, 0.3) is 0 Å². The van der Waals surface area contributed by atoms with E-state index in [2.05, 4.69) is 15.3 Å². The van der Waals surface area contributed by atoms with Crippen LogP contribution in [0.15, 0.2) is 36.8 Å². The monoisotopic (exact) mass is 275 g/mol. The van der Waals surface area contributed by atoms with Crippen LogP contribution >= 0.6 is 0 Å². The van der Waals surface area contributed by atoms with E-state index in [1.54, 1.807) is 6.20 Å². The highest BCUT2D eigenvalue weighted by Gasteiger charge is 2.15. The van der Waals surface area contributed by atoms with Gasteiger partial charge in [-0.2, -0.15) is 0 Å². The van der Waals surface area contributed by atoms with Gasteiger partial charge in [0.25, 0.3) is 5.69 Å². The quantitative estimate of drug-likeness (QED) is 0.550. The second-order valence-electron chi connectivity index (χ2n) is 4.18. The lowest BCUT2D eigenvalue weighted by atomic mass is 10.1. The highest BCUT2D eigenvalue weighted by atomic mass is 16.6. The molecule has 0 saturated carbocycles. The number of benzene rings is 1. The number of anilines is 1. The van der Waals surface area contributed by atoms with Crippen molar-refractivity contribution in [2.75, 3.05) is 5.32 Å². The zero-order valence-corrected chi connectivity index (χ0v) is 10.4. The van der Waals surface area contributed by atoms with Crippen molar-refractivity contribution in [3.05, 3.63) is 52.6 Å². The van der Waals surface area contributed by atoms with Gasteiger partial charge in [0.1, 0.15) is 0 Å². The van der Waals surface area contributed by atoms with Gasteiger partial charge < -0.3 is 16.0 Å². The number of nitrogens with one attached hydrogen (secondary N) is 2. The smallest absolute Gasteiger partial charge is 0.269 e. The lowest BCUT2D eigenvalue weighted by molar-refractivity contribution is -0.384. The molecule has 4 N–H and O–H groups in total. The van der Waals surface area contributed by atoms with Crippen LogP contribution < -0.4 is 11.1 Å². The van der Waals surface area contributed by atoms with Gasteiger partial charge in [0.2, 0.25) is 5.91 Å². The SMILES string of the molecule is N[C@H](Cc1cnc[nH]1)C(=O)Nc1ccc([N+](=O)[O-])cc1. The molecular formula is C12H13N5O3. The van der Waals surface area contributed by atoms with E-state index >= 15 is 0 Å². The van der Waals surface area contributed by atoms with Crippen molar-refractivity contribution in [1.29, 1.82) is 0 Å². The molecule has 0 radical (unpaired) electrons. The fourth-order valence-electron chi connectivity index (χ4n) is 1.63. The molecule has 1 atom stereocenters. The molecule has 0 aliphatic heterocycles. The maximum Gasteiger partial charge on any atom is 0.269 e. The molecule has 1 heterocycles. The van der Waals surface area contributed by atoms with Gasteiger partial charge in [-0.15, -0.1) is 0 Å². The number of nitro benzene ring substituents is 1. The number of amides is 1. The Bertz CT molecular complexity index is 594. The van der Waals surface area contributed by atoms with E-state index in [1.165, 1.54) is 30.6 Å². The number of rotatable bonds is 5. The number of hydrogen-bond acceptors (Lipinski definition) is 5. The van der Waals surface area contributed by atoms with Crippen molar-refractivity contribution in [3.63, 3.8) is 0 Å². The average Bonchev–Trinajstić information content (AvgIpc) is 2.92. The molecule has 2 rings (SSSR count). The summed E-state index contributed by atoms with van der Waals surface area (Å²) in [7, 11) is 0. The van der Waals surface area contributed by atoms with Gasteiger partial charge in [0.15, 0.2) is 0 Å². The third kappa shape index (κ3) is 3.39. The number of hydrogen-bond donors (Lipinski definition) is 3. The summed E-state index contributed by atoms with van der Waals surface area (Å²) in [5, 5.41) is 13.1. The van der Waals surface area contributed by atoms with Crippen molar-refractivity contribution >= 4 is 17.3 Å². The second-order valence-corrected chi connectivity index (χ2v) is 4.18. The standard InChI is InChI=1S/C12H13N5O3/c13-11(5-9-6-14-7-15-9)12(18)16-8-1-3-10(4-2-8)17(19)20/h1-4,6-7,11H,5,13H2,(H,14,15)(H,16,18)/t11-/m1/s1. The Morgan fingerprint density at radius 3 is 2.70 bits per heavy atom. The van der Waals surface area contributed by atoms with Crippen LogP contribution in [0.3, 0.4) is 0 Å². The number of aromatic amines is 1. The Balaban J connectivity index is 1.95. The third-order valence-electron chi connectivity index (χ3n) is 2.68. The van der Waals surface area contributed by atoms with Crippen molar-refractivity contribution < 1.29 is 9.72 Å². The van der Waals surface area contributed by atoms with Gasteiger partial charge in [0.05, 0.1) is 17.3 Å². The molecular weight excluding hydrogens is 262 g/mol. The molecule has 0 aliphatic carbocycles. The first kappa shape index (κ1) is 13.7. The molecule has 0 aliphatic rings. The molecule has 0 fully saturated rings. The molecule has 0 bridgehead atoms. The molecule has 2 aromatic rings. The van der Waals surface area contributed by atoms with Gasteiger partial charge in [-0.05, 0) is 12.1 Å². The van der Waals surface area contributed by atoms with Crippen LogP contribution in [-0.2, 0) is 11.2 Å². The third-order valence-corrected chi connectivity index (χ3v) is 2.68. The minimum Gasteiger partial charge on any atom is -0.348 e. The topological polar surface area (TPSA) is 127 Å². The number of non-ortho nitro benzene ring substituents is 1. The Labute approximate surface area is 114 Å². The first-order chi connectivity index (χ1) is 9.56. The number of nitro groups is 1. The Morgan fingerprint density at radius 2 is 2.15 bits per heavy atom. The van der Waals surface area contributed by atoms with Crippen LogP contribution in [0.5, 0.6) is 0 Å². The molecule has 20 heavy (non-hydrogen) atoms. The summed E-state index contributed by atoms with van der Waals surface area (Å²) >= 11 is 0. The number of carbonyl (C=O) groups excluding carboxylic acids is 1. The van der Waals surface area contributed by atoms with Crippen molar-refractivity contribution in [1.82, 2.24) is 9.97 Å². The molecule has 8 nitrogen and oxygen atoms in total. The fraction of sp³-hybridized carbons (Fsp3) is 0.167. The van der Waals surface area contributed by atoms with Crippen LogP contribution in [-0.4, -0.2) is 26.8 Å². The summed E-state index contributed by atoms with van der Waals surface area (Å²) in [6, 6.07) is 4.81. The van der Waals surface area contributed by atoms with Gasteiger partial charge in [-0.3, -0.25) is 14.9 Å². The molecule has 0 spiro atoms. The number of nitrogens with two attached hydrogens (primary N) is 1. The summed E-state index contributed by atoms with van der Waals surface area (Å²) in [6.45, 7) is 0. The highest BCUT2D eigenvalue weighted by Crippen LogP contribution is 2.15. The predicted octanol–water partition coefficient (Wildman–Crippen LogP) is 0.826. The molecule has 0 saturated heterocycles. The summed E-state index contributed by atoms with van der Waals surface area (Å²) in [6.07, 6.45) is 3.44. The summed E-state index contributed by atoms with van der Waals surface area (Å²) in [4.78, 5) is 28.6. The number of imidazole rings is 1. The number of nitrogens with zero attached hydrogens (tertiary/aromatic N) is 2. The summed E-state index contributed by atoms with van der Waals surface area (Å²) < 4.78 is 0. The maximum absolute atomic E-state index is 11.9. The van der Waals surface area contributed by atoms with Gasteiger partial charge in [-0.1, -0.05) is 0 Å². The van der Waals surface area contributed by atoms with Gasteiger partial charge in [0, 0.05) is 36.1 Å². The van der Waals surface area contributed by atoms with E-state index in [9.17, 15) is 14.9 Å². The zero-order valence-electron chi connectivity index (χ0n) is 10.4. The largest absolute Gasteiger partial charge is 0.348 e. The zero-order chi connectivity index (χ0) is 14.5. The molecule has 104 valence electrons. The normalized spacial score (nSPS) is 11.8. The number of H-pyrrole nitrogens is 1. The number of carbonyl (C=O) groups is 1. The van der Waals surface area contributed by atoms with Crippen LogP contribution in [0, 0.1) is 10.1 Å². The number of aromatic nitrogens is 2. The Kier molecular flexibility index (Phi) is 4.06. The van der Waals surface area contributed by atoms with Gasteiger partial charge >= 0.3 is 0 Å². The Morgan fingerprint density at radius 1 is 1.45 bits per heavy atom.